The fourth-order valence-corrected chi connectivity index (χ4v) is 1.15. The molecule has 100 valence electrons. The lowest BCUT2D eigenvalue weighted by Crippen LogP contribution is -2.39. The van der Waals surface area contributed by atoms with Crippen molar-refractivity contribution < 1.29 is 9.53 Å². The maximum absolute atomic E-state index is 11.7. The number of carbonyl (C=O) groups is 1. The number of hydrogen-bond donors (Lipinski definition) is 1. The highest BCUT2D eigenvalue weighted by Gasteiger charge is 2.21. The molecule has 0 spiro atoms. The summed E-state index contributed by atoms with van der Waals surface area (Å²) < 4.78 is 6.03. The normalized spacial score (nSPS) is 11.2. The first-order valence-corrected chi connectivity index (χ1v) is 5.39. The van der Waals surface area contributed by atoms with E-state index in [0.717, 1.165) is 15.5 Å². The molecule has 0 aliphatic carbocycles. The lowest BCUT2D eigenvalue weighted by atomic mass is 10.2. The Morgan fingerprint density at radius 2 is 1.94 bits per heavy atom. The van der Waals surface area contributed by atoms with Crippen molar-refractivity contribution >= 4 is 11.9 Å². The molecule has 0 atom stereocenters. The molecule has 18 heavy (non-hydrogen) atoms. The number of carbonyl (C=O) groups excluding carboxylic acids is 1. The van der Waals surface area contributed by atoms with Gasteiger partial charge in [-0.25, -0.2) is 9.59 Å². The smallest absolute Gasteiger partial charge is 0.415 e. The number of nitrogens with one attached hydrogen (secondary N) is 1. The largest absolute Gasteiger partial charge is 0.443 e. The van der Waals surface area contributed by atoms with E-state index >= 15 is 0 Å². The molecular weight excluding hydrogens is 238 g/mol. The monoisotopic (exact) mass is 255 g/mol. The summed E-state index contributed by atoms with van der Waals surface area (Å²) in [6.45, 7) is 5.18. The average Bonchev–Trinajstić information content (AvgIpc) is 2.21. The minimum atomic E-state index is -0.647. The number of nitrogens with zero attached hydrogens (tertiary/aromatic N) is 2. The van der Waals surface area contributed by atoms with Crippen LogP contribution in [-0.4, -0.2) is 28.3 Å². The number of amides is 1. The Balaban J connectivity index is 3.05. The number of H-pyrrole nitrogens is 1. The lowest BCUT2D eigenvalue weighted by molar-refractivity contribution is 0.0588. The van der Waals surface area contributed by atoms with Crippen LogP contribution in [0.1, 0.15) is 20.8 Å². The summed E-state index contributed by atoms with van der Waals surface area (Å²) in [5, 5.41) is 0. The summed E-state index contributed by atoms with van der Waals surface area (Å²) in [7, 11) is 2.76. The number of aromatic amines is 1. The van der Waals surface area contributed by atoms with Crippen LogP contribution in [0.5, 0.6) is 0 Å². The molecule has 1 rings (SSSR count). The van der Waals surface area contributed by atoms with Crippen LogP contribution in [0.2, 0.25) is 0 Å². The van der Waals surface area contributed by atoms with E-state index in [-0.39, 0.29) is 5.82 Å². The van der Waals surface area contributed by atoms with E-state index < -0.39 is 22.9 Å². The van der Waals surface area contributed by atoms with Crippen LogP contribution in [0.3, 0.4) is 0 Å². The predicted molar refractivity (Wildman–Crippen MR) is 66.9 cm³/mol. The van der Waals surface area contributed by atoms with Crippen LogP contribution in [0.4, 0.5) is 10.6 Å². The molecule has 1 amide bonds. The van der Waals surface area contributed by atoms with Crippen molar-refractivity contribution in [1.29, 1.82) is 0 Å². The first-order valence-electron chi connectivity index (χ1n) is 5.39. The maximum atomic E-state index is 11.7. The molecular formula is C11H17N3O4. The van der Waals surface area contributed by atoms with Gasteiger partial charge in [-0.2, -0.15) is 0 Å². The topological polar surface area (TPSA) is 84.4 Å². The molecule has 1 heterocycles. The highest BCUT2D eigenvalue weighted by Crippen LogP contribution is 2.12. The second-order valence-corrected chi connectivity index (χ2v) is 4.90. The standard InChI is InChI=1S/C11H17N3O4/c1-11(2,3)18-10(17)13(4)7-6-8(15)14(5)9(16)12-7/h6H,1-5H3,(H,12,16). The quantitative estimate of drug-likeness (QED) is 0.789. The van der Waals surface area contributed by atoms with Crippen molar-refractivity contribution in [1.82, 2.24) is 9.55 Å². The maximum Gasteiger partial charge on any atom is 0.415 e. The van der Waals surface area contributed by atoms with Gasteiger partial charge in [0.05, 0.1) is 0 Å². The molecule has 0 aliphatic heterocycles. The zero-order valence-electron chi connectivity index (χ0n) is 11.1. The van der Waals surface area contributed by atoms with E-state index in [1.807, 2.05) is 0 Å². The summed E-state index contributed by atoms with van der Waals surface area (Å²) in [5.41, 5.74) is -1.73. The Morgan fingerprint density at radius 1 is 1.39 bits per heavy atom. The summed E-state index contributed by atoms with van der Waals surface area (Å²) in [6, 6.07) is 1.16. The first-order chi connectivity index (χ1) is 8.11. The van der Waals surface area contributed by atoms with Crippen molar-refractivity contribution in [2.75, 3.05) is 11.9 Å². The lowest BCUT2D eigenvalue weighted by Gasteiger charge is -2.24. The number of rotatable bonds is 1. The zero-order valence-corrected chi connectivity index (χ0v) is 11.1. The van der Waals surface area contributed by atoms with Gasteiger partial charge in [0.25, 0.3) is 5.56 Å². The van der Waals surface area contributed by atoms with Gasteiger partial charge in [0.15, 0.2) is 0 Å². The highest BCUT2D eigenvalue weighted by molar-refractivity contribution is 5.85. The SMILES string of the molecule is CN(C(=O)OC(C)(C)C)c1cc(=O)n(C)c(=O)[nH]1. The van der Waals surface area contributed by atoms with Gasteiger partial charge in [0, 0.05) is 20.2 Å². The molecule has 0 unspecified atom stereocenters. The van der Waals surface area contributed by atoms with Gasteiger partial charge in [-0.15, -0.1) is 0 Å². The van der Waals surface area contributed by atoms with Crippen LogP contribution in [-0.2, 0) is 11.8 Å². The fraction of sp³-hybridized carbons (Fsp3) is 0.545. The minimum absolute atomic E-state index is 0.0948. The van der Waals surface area contributed by atoms with Crippen molar-refractivity contribution in [3.63, 3.8) is 0 Å². The van der Waals surface area contributed by atoms with Gasteiger partial charge in [-0.3, -0.25) is 19.2 Å². The molecule has 1 N–H and O–H groups in total. The van der Waals surface area contributed by atoms with Crippen LogP contribution in [0, 0.1) is 0 Å². The van der Waals surface area contributed by atoms with Gasteiger partial charge < -0.3 is 4.74 Å². The minimum Gasteiger partial charge on any atom is -0.443 e. The molecule has 1 aromatic rings. The van der Waals surface area contributed by atoms with Crippen molar-refractivity contribution in [3.8, 4) is 0 Å². The van der Waals surface area contributed by atoms with Crippen LogP contribution in [0.15, 0.2) is 15.7 Å². The van der Waals surface area contributed by atoms with E-state index in [1.54, 1.807) is 20.8 Å². The summed E-state index contributed by atoms with van der Waals surface area (Å²) in [5.74, 6) is 0.0948. The second-order valence-electron chi connectivity index (χ2n) is 4.90. The van der Waals surface area contributed by atoms with Crippen molar-refractivity contribution in [2.24, 2.45) is 7.05 Å². The molecule has 0 aromatic carbocycles. The summed E-state index contributed by atoms with van der Waals surface area (Å²) in [6.07, 6.45) is -0.647. The van der Waals surface area contributed by atoms with E-state index in [9.17, 15) is 14.4 Å². The summed E-state index contributed by atoms with van der Waals surface area (Å²) >= 11 is 0. The molecule has 0 fully saturated rings. The Morgan fingerprint density at radius 3 is 2.39 bits per heavy atom. The van der Waals surface area contributed by atoms with E-state index in [2.05, 4.69) is 4.98 Å². The molecule has 0 bridgehead atoms. The Hall–Kier alpha value is -2.05. The average molecular weight is 255 g/mol. The van der Waals surface area contributed by atoms with E-state index in [1.165, 1.54) is 14.1 Å². The van der Waals surface area contributed by atoms with Crippen LogP contribution < -0.4 is 16.1 Å². The number of anilines is 1. The molecule has 0 radical (unpaired) electrons. The Kier molecular flexibility index (Phi) is 3.64. The highest BCUT2D eigenvalue weighted by atomic mass is 16.6. The van der Waals surface area contributed by atoms with Gasteiger partial charge >= 0.3 is 11.8 Å². The third kappa shape index (κ3) is 3.22. The molecule has 0 saturated carbocycles. The second kappa shape index (κ2) is 4.67. The molecule has 0 saturated heterocycles. The third-order valence-electron chi connectivity index (χ3n) is 2.16. The molecule has 7 heteroatoms. The van der Waals surface area contributed by atoms with Gasteiger partial charge in [-0.1, -0.05) is 0 Å². The van der Waals surface area contributed by atoms with Crippen LogP contribution in [0.25, 0.3) is 0 Å². The molecule has 1 aromatic heterocycles. The third-order valence-corrected chi connectivity index (χ3v) is 2.16. The number of aromatic nitrogens is 2. The predicted octanol–water partition coefficient (Wildman–Crippen LogP) is 0.445. The number of ether oxygens (including phenoxy) is 1. The number of hydrogen-bond acceptors (Lipinski definition) is 4. The van der Waals surface area contributed by atoms with E-state index in [4.69, 9.17) is 4.74 Å². The Labute approximate surface area is 104 Å². The van der Waals surface area contributed by atoms with Crippen molar-refractivity contribution in [3.05, 3.63) is 26.9 Å². The van der Waals surface area contributed by atoms with E-state index in [0.29, 0.717) is 0 Å². The Bertz CT molecular complexity index is 534. The zero-order chi connectivity index (χ0) is 14.1. The van der Waals surface area contributed by atoms with Crippen LogP contribution >= 0.6 is 0 Å². The molecule has 0 aliphatic rings. The molecule has 7 nitrogen and oxygen atoms in total. The van der Waals surface area contributed by atoms with Gasteiger partial charge in [-0.05, 0) is 20.8 Å². The fourth-order valence-electron chi connectivity index (χ4n) is 1.15. The summed E-state index contributed by atoms with van der Waals surface area (Å²) in [4.78, 5) is 38.1. The van der Waals surface area contributed by atoms with Crippen molar-refractivity contribution in [2.45, 2.75) is 26.4 Å². The first kappa shape index (κ1) is 14.0. The van der Waals surface area contributed by atoms with Gasteiger partial charge in [0.2, 0.25) is 0 Å². The van der Waals surface area contributed by atoms with Gasteiger partial charge in [0.1, 0.15) is 11.4 Å².